The third kappa shape index (κ3) is 3.44. The van der Waals surface area contributed by atoms with Gasteiger partial charge in [-0.25, -0.2) is 4.68 Å². The molecule has 3 saturated heterocycles. The molecule has 1 aliphatic carbocycles. The number of imide groups is 1. The van der Waals surface area contributed by atoms with Crippen molar-refractivity contribution in [1.29, 1.82) is 0 Å². The minimum absolute atomic E-state index is 0.0986. The Morgan fingerprint density at radius 1 is 1.23 bits per heavy atom. The fourth-order valence-corrected chi connectivity index (χ4v) is 6.25. The van der Waals surface area contributed by atoms with Crippen LogP contribution in [-0.4, -0.2) is 92.1 Å². The summed E-state index contributed by atoms with van der Waals surface area (Å²) >= 11 is 0. The van der Waals surface area contributed by atoms with Gasteiger partial charge in [-0.2, -0.15) is 0 Å². The van der Waals surface area contributed by atoms with Crippen molar-refractivity contribution in [3.63, 3.8) is 0 Å². The Hall–Kier alpha value is -3.60. The molecule has 4 fully saturated rings. The topological polar surface area (TPSA) is 121 Å². The van der Waals surface area contributed by atoms with Gasteiger partial charge in [-0.3, -0.25) is 24.5 Å². The number of aromatic nitrogens is 3. The standard InChI is InChI=1S/C24H27N7O4/c1-28(2)13-24-8-14(9-24)10-30(24)23(35)18-12-31(27-26-18)16-3-4-17-15(7-16)11-29(22(17)34)19-5-6-20(32)25-21(19)33/h3-4,7,12,14,19H,5-6,8-11,13H2,1-2H3,(H,25,32,33). The normalized spacial score (nSPS) is 27.3. The Morgan fingerprint density at radius 3 is 2.77 bits per heavy atom. The van der Waals surface area contributed by atoms with E-state index in [4.69, 9.17) is 0 Å². The monoisotopic (exact) mass is 477 g/mol. The minimum Gasteiger partial charge on any atom is -0.330 e. The lowest BCUT2D eigenvalue weighted by molar-refractivity contribution is -0.136. The number of amides is 4. The van der Waals surface area contributed by atoms with Crippen LogP contribution in [0.1, 0.15) is 52.1 Å². The summed E-state index contributed by atoms with van der Waals surface area (Å²) in [6.07, 6.45) is 4.24. The number of rotatable bonds is 5. The molecule has 2 bridgehead atoms. The largest absolute Gasteiger partial charge is 0.330 e. The van der Waals surface area contributed by atoms with Crippen LogP contribution < -0.4 is 5.32 Å². The van der Waals surface area contributed by atoms with Crippen LogP contribution in [-0.2, 0) is 16.1 Å². The molecule has 1 aromatic heterocycles. The Balaban J connectivity index is 1.21. The molecule has 11 heteroatoms. The van der Waals surface area contributed by atoms with Gasteiger partial charge in [0.2, 0.25) is 11.8 Å². The van der Waals surface area contributed by atoms with Crippen molar-refractivity contribution < 1.29 is 19.2 Å². The Morgan fingerprint density at radius 2 is 2.03 bits per heavy atom. The Kier molecular flexibility index (Phi) is 4.82. The van der Waals surface area contributed by atoms with Crippen molar-refractivity contribution in [3.05, 3.63) is 41.2 Å². The molecule has 0 radical (unpaired) electrons. The van der Waals surface area contributed by atoms with Gasteiger partial charge < -0.3 is 14.7 Å². The maximum atomic E-state index is 13.3. The van der Waals surface area contributed by atoms with E-state index < -0.39 is 11.9 Å². The number of hydrogen-bond donors (Lipinski definition) is 1. The van der Waals surface area contributed by atoms with Crippen LogP contribution in [0.4, 0.5) is 0 Å². The highest BCUT2D eigenvalue weighted by Crippen LogP contribution is 2.51. The van der Waals surface area contributed by atoms with Crippen LogP contribution in [0.3, 0.4) is 0 Å². The Bertz CT molecular complexity index is 1260. The zero-order valence-electron chi connectivity index (χ0n) is 19.7. The molecule has 4 aliphatic heterocycles. The predicted molar refractivity (Wildman–Crippen MR) is 122 cm³/mol. The van der Waals surface area contributed by atoms with E-state index in [9.17, 15) is 19.2 Å². The molecule has 1 saturated carbocycles. The zero-order chi connectivity index (χ0) is 24.5. The van der Waals surface area contributed by atoms with Crippen LogP contribution in [0.25, 0.3) is 5.69 Å². The number of hydrogen-bond acceptors (Lipinski definition) is 7. The molecule has 5 heterocycles. The maximum absolute atomic E-state index is 13.3. The number of fused-ring (bicyclic) bond motifs is 2. The average Bonchev–Trinajstić information content (AvgIpc) is 3.55. The zero-order valence-corrected chi connectivity index (χ0v) is 19.7. The van der Waals surface area contributed by atoms with Crippen LogP contribution in [0.15, 0.2) is 24.4 Å². The number of benzene rings is 1. The van der Waals surface area contributed by atoms with Crippen LogP contribution >= 0.6 is 0 Å². The smallest absolute Gasteiger partial charge is 0.276 e. The highest BCUT2D eigenvalue weighted by molar-refractivity contribution is 6.05. The molecule has 1 N–H and O–H groups in total. The SMILES string of the molecule is CN(C)CC12CC(CN1C(=O)c1cn(-c3ccc4c(c3)CN(C3CCC(=O)NC3=O)C4=O)nn1)C2. The summed E-state index contributed by atoms with van der Waals surface area (Å²) in [4.78, 5) is 55.6. The fourth-order valence-electron chi connectivity index (χ4n) is 6.25. The first-order chi connectivity index (χ1) is 16.7. The molecule has 2 aromatic rings. The lowest BCUT2D eigenvalue weighted by Crippen LogP contribution is -2.54. The van der Waals surface area contributed by atoms with Crippen molar-refractivity contribution >= 4 is 23.6 Å². The summed E-state index contributed by atoms with van der Waals surface area (Å²) < 4.78 is 1.55. The number of carbonyl (C=O) groups is 4. The van der Waals surface area contributed by atoms with Crippen LogP contribution in [0, 0.1) is 5.92 Å². The summed E-state index contributed by atoms with van der Waals surface area (Å²) in [6.45, 7) is 1.87. The molecule has 4 amide bonds. The molecular weight excluding hydrogens is 450 g/mol. The van der Waals surface area contributed by atoms with Crippen LogP contribution in [0.2, 0.25) is 0 Å². The molecular formula is C24H27N7O4. The van der Waals surface area contributed by atoms with Gasteiger partial charge in [0.15, 0.2) is 5.69 Å². The van der Waals surface area contributed by atoms with E-state index in [1.165, 1.54) is 4.90 Å². The van der Waals surface area contributed by atoms with Crippen molar-refractivity contribution in [2.24, 2.45) is 5.92 Å². The number of likely N-dealkylation sites (N-methyl/N-ethyl adjacent to an activating group) is 1. The lowest BCUT2D eigenvalue weighted by Gasteiger charge is -2.43. The van der Waals surface area contributed by atoms with E-state index in [1.807, 2.05) is 25.1 Å². The summed E-state index contributed by atoms with van der Waals surface area (Å²) in [7, 11) is 4.05. The first-order valence-corrected chi connectivity index (χ1v) is 11.9. The maximum Gasteiger partial charge on any atom is 0.276 e. The highest BCUT2D eigenvalue weighted by Gasteiger charge is 2.58. The van der Waals surface area contributed by atoms with Crippen LogP contribution in [0.5, 0.6) is 0 Å². The third-order valence-electron chi connectivity index (χ3n) is 7.69. The first-order valence-electron chi connectivity index (χ1n) is 11.9. The fraction of sp³-hybridized carbons (Fsp3) is 0.500. The van der Waals surface area contributed by atoms with Crippen molar-refractivity contribution in [2.75, 3.05) is 27.2 Å². The van der Waals surface area contributed by atoms with E-state index in [2.05, 4.69) is 20.5 Å². The Labute approximate surface area is 202 Å². The van der Waals surface area contributed by atoms with E-state index in [0.29, 0.717) is 29.3 Å². The molecule has 11 nitrogen and oxygen atoms in total. The van der Waals surface area contributed by atoms with Crippen molar-refractivity contribution in [3.8, 4) is 5.69 Å². The molecule has 7 rings (SSSR count). The van der Waals surface area contributed by atoms with Gasteiger partial charge in [-0.15, -0.1) is 5.10 Å². The van der Waals surface area contributed by atoms with Gasteiger partial charge in [0.25, 0.3) is 11.8 Å². The highest BCUT2D eigenvalue weighted by atomic mass is 16.2. The van der Waals surface area contributed by atoms with Crippen molar-refractivity contribution in [1.82, 2.24) is 35.0 Å². The first kappa shape index (κ1) is 21.9. The molecule has 1 unspecified atom stereocenters. The average molecular weight is 478 g/mol. The molecule has 182 valence electrons. The van der Waals surface area contributed by atoms with Gasteiger partial charge in [0, 0.05) is 31.6 Å². The number of carbonyl (C=O) groups excluding carboxylic acids is 4. The van der Waals surface area contributed by atoms with E-state index in [0.717, 1.165) is 31.5 Å². The quantitative estimate of drug-likeness (QED) is 0.611. The minimum atomic E-state index is -0.659. The second kappa shape index (κ2) is 7.70. The molecule has 0 spiro atoms. The summed E-state index contributed by atoms with van der Waals surface area (Å²) in [5.74, 6) is -0.509. The van der Waals surface area contributed by atoms with Gasteiger partial charge in [0.05, 0.1) is 17.4 Å². The van der Waals surface area contributed by atoms with Gasteiger partial charge in [0.1, 0.15) is 6.04 Å². The second-order valence-electron chi connectivity index (χ2n) is 10.4. The van der Waals surface area contributed by atoms with Gasteiger partial charge in [-0.1, -0.05) is 5.21 Å². The molecule has 5 aliphatic rings. The lowest BCUT2D eigenvalue weighted by atomic mass is 9.73. The van der Waals surface area contributed by atoms with Gasteiger partial charge >= 0.3 is 0 Å². The summed E-state index contributed by atoms with van der Waals surface area (Å²) in [5.41, 5.74) is 2.17. The molecule has 35 heavy (non-hydrogen) atoms. The van der Waals surface area contributed by atoms with E-state index in [1.54, 1.807) is 23.0 Å². The third-order valence-corrected chi connectivity index (χ3v) is 7.69. The van der Waals surface area contributed by atoms with E-state index >= 15 is 0 Å². The number of nitrogens with one attached hydrogen (secondary N) is 1. The molecule has 1 aromatic carbocycles. The number of piperidine rings is 1. The summed E-state index contributed by atoms with van der Waals surface area (Å²) in [6, 6.07) is 4.65. The van der Waals surface area contributed by atoms with Crippen molar-refractivity contribution in [2.45, 2.75) is 43.8 Å². The second-order valence-corrected chi connectivity index (χ2v) is 10.4. The van der Waals surface area contributed by atoms with Gasteiger partial charge in [-0.05, 0) is 63.0 Å². The number of nitrogens with zero attached hydrogens (tertiary/aromatic N) is 6. The predicted octanol–water partition coefficient (Wildman–Crippen LogP) is 0.195. The summed E-state index contributed by atoms with van der Waals surface area (Å²) in [5, 5.41) is 10.7. The molecule has 1 atom stereocenters. The van der Waals surface area contributed by atoms with E-state index in [-0.39, 0.29) is 36.2 Å².